The molecule has 200 valence electrons. The van der Waals surface area contributed by atoms with E-state index in [9.17, 15) is 29.1 Å². The van der Waals surface area contributed by atoms with E-state index in [1.165, 1.54) is 31.6 Å². The Morgan fingerprint density at radius 2 is 1.59 bits per heavy atom. The highest BCUT2D eigenvalue weighted by Crippen LogP contribution is 2.12. The lowest BCUT2D eigenvalue weighted by Crippen LogP contribution is -2.57. The molecule has 14 heteroatoms. The van der Waals surface area contributed by atoms with Crippen molar-refractivity contribution in [2.45, 2.75) is 56.8 Å². The first kappa shape index (κ1) is 28.8. The first-order valence-electron chi connectivity index (χ1n) is 11.4. The van der Waals surface area contributed by atoms with Crippen molar-refractivity contribution in [1.29, 1.82) is 0 Å². The number of aromatic nitrogens is 2. The molecule has 0 aliphatic rings. The van der Waals surface area contributed by atoms with Gasteiger partial charge in [-0.25, -0.2) is 4.98 Å². The molecule has 0 fully saturated rings. The minimum atomic E-state index is -1.31. The Hall–Kier alpha value is -4.46. The summed E-state index contributed by atoms with van der Waals surface area (Å²) >= 11 is 0. The number of nitrogens with one attached hydrogen (secondary N) is 4. The number of carbonyl (C=O) groups is 5. The van der Waals surface area contributed by atoms with Gasteiger partial charge in [-0.1, -0.05) is 12.1 Å². The van der Waals surface area contributed by atoms with E-state index in [1.807, 2.05) is 0 Å². The van der Waals surface area contributed by atoms with Crippen molar-refractivity contribution >= 4 is 29.6 Å². The quantitative estimate of drug-likeness (QED) is 0.139. The number of carboxylic acid groups (broad SMARTS) is 1. The van der Waals surface area contributed by atoms with Crippen LogP contribution in [-0.4, -0.2) is 73.9 Å². The number of imidazole rings is 1. The van der Waals surface area contributed by atoms with Gasteiger partial charge in [0.05, 0.1) is 12.4 Å². The van der Waals surface area contributed by atoms with Crippen molar-refractivity contribution in [2.75, 3.05) is 0 Å². The maximum absolute atomic E-state index is 13.2. The van der Waals surface area contributed by atoms with Crippen LogP contribution in [0.2, 0.25) is 0 Å². The second kappa shape index (κ2) is 13.6. The second-order valence-electron chi connectivity index (χ2n) is 8.45. The fourth-order valence-electron chi connectivity index (χ4n) is 3.29. The molecule has 4 amide bonds. The molecule has 0 radical (unpaired) electrons. The zero-order valence-corrected chi connectivity index (χ0v) is 20.1. The lowest BCUT2D eigenvalue weighted by Gasteiger charge is -2.24. The van der Waals surface area contributed by atoms with Gasteiger partial charge in [-0.2, -0.15) is 0 Å². The molecule has 0 aliphatic carbocycles. The second-order valence-corrected chi connectivity index (χ2v) is 8.45. The molecule has 14 nitrogen and oxygen atoms in total. The van der Waals surface area contributed by atoms with Crippen molar-refractivity contribution in [2.24, 2.45) is 11.5 Å². The Balaban J connectivity index is 2.21. The molecule has 4 unspecified atom stereocenters. The normalized spacial score (nSPS) is 14.0. The number of rotatable bonds is 14. The Morgan fingerprint density at radius 1 is 0.973 bits per heavy atom. The molecule has 2 rings (SSSR count). The molecule has 0 aliphatic heterocycles. The van der Waals surface area contributed by atoms with Crippen LogP contribution >= 0.6 is 0 Å². The molecule has 0 saturated heterocycles. The van der Waals surface area contributed by atoms with Crippen LogP contribution in [-0.2, 0) is 36.8 Å². The number of phenols is 1. The predicted octanol–water partition coefficient (Wildman–Crippen LogP) is -1.95. The van der Waals surface area contributed by atoms with Crippen molar-refractivity contribution in [3.63, 3.8) is 0 Å². The number of hydrogen-bond donors (Lipinski definition) is 8. The van der Waals surface area contributed by atoms with Gasteiger partial charge in [-0.3, -0.25) is 24.0 Å². The van der Waals surface area contributed by atoms with Crippen LogP contribution in [0.25, 0.3) is 0 Å². The van der Waals surface area contributed by atoms with Crippen LogP contribution in [0.1, 0.15) is 31.0 Å². The maximum atomic E-state index is 13.2. The number of aromatic amines is 1. The van der Waals surface area contributed by atoms with E-state index in [4.69, 9.17) is 16.6 Å². The van der Waals surface area contributed by atoms with E-state index >= 15 is 0 Å². The van der Waals surface area contributed by atoms with E-state index in [2.05, 4.69) is 25.9 Å². The minimum absolute atomic E-state index is 0.00565. The van der Waals surface area contributed by atoms with Crippen LogP contribution in [0.4, 0.5) is 0 Å². The highest BCUT2D eigenvalue weighted by molar-refractivity contribution is 5.94. The molecule has 1 aromatic heterocycles. The summed E-state index contributed by atoms with van der Waals surface area (Å²) in [6.45, 7) is 1.24. The Bertz CT molecular complexity index is 1090. The standard InChI is InChI=1S/C23H31N7O7/c1-12(23(36)37)28-21(34)17(6-7-19(25)32)29-22(35)18(8-13-2-4-15(31)5-3-13)30-20(33)16(24)9-14-10-26-11-27-14/h2-5,10-12,16-18,31H,6-9,24H2,1H3,(H2,25,32)(H,26,27)(H,28,34)(H,29,35)(H,30,33)(H,36,37). The number of H-pyrrole nitrogens is 1. The number of aliphatic carboxylic acids is 1. The van der Waals surface area contributed by atoms with Crippen LogP contribution in [0, 0.1) is 0 Å². The number of hydrogen-bond acceptors (Lipinski definition) is 8. The summed E-state index contributed by atoms with van der Waals surface area (Å²) < 4.78 is 0. The number of amides is 4. The number of nitrogens with zero attached hydrogens (tertiary/aromatic N) is 1. The van der Waals surface area contributed by atoms with E-state index in [-0.39, 0.29) is 31.4 Å². The molecule has 0 bridgehead atoms. The topological polar surface area (TPSA) is 243 Å². The van der Waals surface area contributed by atoms with E-state index in [1.54, 1.807) is 12.1 Å². The predicted molar refractivity (Wildman–Crippen MR) is 130 cm³/mol. The van der Waals surface area contributed by atoms with Crippen LogP contribution in [0.5, 0.6) is 5.75 Å². The van der Waals surface area contributed by atoms with Crippen molar-refractivity contribution in [1.82, 2.24) is 25.9 Å². The SMILES string of the molecule is CC(NC(=O)C(CCC(N)=O)NC(=O)C(Cc1ccc(O)cc1)NC(=O)C(N)Cc1cnc[nH]1)C(=O)O. The number of carboxylic acids is 1. The average Bonchev–Trinajstić information content (AvgIpc) is 3.35. The lowest BCUT2D eigenvalue weighted by atomic mass is 10.0. The van der Waals surface area contributed by atoms with Gasteiger partial charge in [0, 0.05) is 31.2 Å². The van der Waals surface area contributed by atoms with Gasteiger partial charge in [-0.15, -0.1) is 0 Å². The maximum Gasteiger partial charge on any atom is 0.325 e. The van der Waals surface area contributed by atoms with E-state index in [0.717, 1.165) is 0 Å². The van der Waals surface area contributed by atoms with Gasteiger partial charge in [0.25, 0.3) is 0 Å². The van der Waals surface area contributed by atoms with Crippen molar-refractivity contribution in [3.8, 4) is 5.75 Å². The minimum Gasteiger partial charge on any atom is -0.508 e. The third-order valence-corrected chi connectivity index (χ3v) is 5.38. The number of carbonyl (C=O) groups excluding carboxylic acids is 4. The molecule has 1 aromatic carbocycles. The number of benzene rings is 1. The fraction of sp³-hybridized carbons (Fsp3) is 0.391. The van der Waals surface area contributed by atoms with Gasteiger partial charge in [-0.05, 0) is 31.0 Å². The van der Waals surface area contributed by atoms with E-state index < -0.39 is 53.8 Å². The van der Waals surface area contributed by atoms with Crippen LogP contribution < -0.4 is 27.4 Å². The van der Waals surface area contributed by atoms with Crippen molar-refractivity contribution < 1.29 is 34.2 Å². The number of primary amides is 1. The summed E-state index contributed by atoms with van der Waals surface area (Å²) in [5.41, 5.74) is 12.4. The van der Waals surface area contributed by atoms with Gasteiger partial charge in [0.2, 0.25) is 23.6 Å². The summed E-state index contributed by atoms with van der Waals surface area (Å²) in [5.74, 6) is -4.27. The van der Waals surface area contributed by atoms with E-state index in [0.29, 0.717) is 11.3 Å². The zero-order valence-electron chi connectivity index (χ0n) is 20.1. The molecule has 10 N–H and O–H groups in total. The highest BCUT2D eigenvalue weighted by atomic mass is 16.4. The largest absolute Gasteiger partial charge is 0.508 e. The molecule has 0 spiro atoms. The highest BCUT2D eigenvalue weighted by Gasteiger charge is 2.30. The van der Waals surface area contributed by atoms with Crippen molar-refractivity contribution in [3.05, 3.63) is 48.0 Å². The summed E-state index contributed by atoms with van der Waals surface area (Å²) in [4.78, 5) is 67.8. The molecule has 0 saturated carbocycles. The van der Waals surface area contributed by atoms with Gasteiger partial charge >= 0.3 is 5.97 Å². The Morgan fingerprint density at radius 3 is 2.16 bits per heavy atom. The summed E-state index contributed by atoms with van der Waals surface area (Å²) in [7, 11) is 0. The smallest absolute Gasteiger partial charge is 0.325 e. The first-order valence-corrected chi connectivity index (χ1v) is 11.4. The molecule has 37 heavy (non-hydrogen) atoms. The summed E-state index contributed by atoms with van der Waals surface area (Å²) in [6, 6.07) is 1.13. The molecular weight excluding hydrogens is 486 g/mol. The summed E-state index contributed by atoms with van der Waals surface area (Å²) in [6.07, 6.45) is 2.58. The number of phenolic OH excluding ortho intramolecular Hbond substituents is 1. The Kier molecular flexibility index (Phi) is 10.6. The molecular formula is C23H31N7O7. The monoisotopic (exact) mass is 517 g/mol. The third-order valence-electron chi connectivity index (χ3n) is 5.38. The van der Waals surface area contributed by atoms with Gasteiger partial charge < -0.3 is 42.6 Å². The first-order chi connectivity index (χ1) is 17.5. The van der Waals surface area contributed by atoms with Gasteiger partial charge in [0.1, 0.15) is 23.9 Å². The Labute approximate surface area is 212 Å². The van der Waals surface area contributed by atoms with Crippen LogP contribution in [0.15, 0.2) is 36.8 Å². The number of aromatic hydroxyl groups is 1. The molecule has 4 atom stereocenters. The average molecular weight is 518 g/mol. The van der Waals surface area contributed by atoms with Crippen LogP contribution in [0.3, 0.4) is 0 Å². The molecule has 1 heterocycles. The lowest BCUT2D eigenvalue weighted by molar-refractivity contribution is -0.142. The fourth-order valence-corrected chi connectivity index (χ4v) is 3.29. The van der Waals surface area contributed by atoms with Gasteiger partial charge in [0.15, 0.2) is 0 Å². The number of nitrogens with two attached hydrogens (primary N) is 2. The third kappa shape index (κ3) is 9.60. The zero-order chi connectivity index (χ0) is 27.5. The molecule has 2 aromatic rings. The summed E-state index contributed by atoms with van der Waals surface area (Å²) in [5, 5.41) is 25.9.